The molecule has 37 heavy (non-hydrogen) atoms. The van der Waals surface area contributed by atoms with Gasteiger partial charge in [-0.1, -0.05) is 0 Å². The molecule has 1 atom stereocenters. The predicted molar refractivity (Wildman–Crippen MR) is 142 cm³/mol. The van der Waals surface area contributed by atoms with Crippen molar-refractivity contribution in [3.63, 3.8) is 0 Å². The zero-order valence-corrected chi connectivity index (χ0v) is 24.2. The highest BCUT2D eigenvalue weighted by atomic mass is 32.2. The monoisotopic (exact) mass is 575 g/mol. The number of hydrogen-bond acceptors (Lipinski definition) is 10. The van der Waals surface area contributed by atoms with E-state index in [-0.39, 0.29) is 43.7 Å². The average Bonchev–Trinajstić information content (AvgIpc) is 3.42. The number of ether oxygens (including phenoxy) is 2. The molecule has 1 aliphatic rings. The van der Waals surface area contributed by atoms with E-state index in [0.717, 1.165) is 0 Å². The van der Waals surface area contributed by atoms with Crippen molar-refractivity contribution >= 4 is 40.0 Å². The Hall–Kier alpha value is -2.02. The van der Waals surface area contributed by atoms with Gasteiger partial charge in [0.05, 0.1) is 44.0 Å². The van der Waals surface area contributed by atoms with Crippen molar-refractivity contribution in [1.82, 2.24) is 9.29 Å². The molecule has 11 nitrogen and oxygen atoms in total. The Balaban J connectivity index is 1.74. The second-order valence-corrected chi connectivity index (χ2v) is 13.6. The first-order chi connectivity index (χ1) is 17.4. The third-order valence-corrected chi connectivity index (χ3v) is 9.26. The summed E-state index contributed by atoms with van der Waals surface area (Å²) in [5, 5.41) is 4.78. The zero-order valence-electron chi connectivity index (χ0n) is 21.6. The lowest BCUT2D eigenvalue weighted by Crippen LogP contribution is -2.30. The number of sulfonamides is 1. The molecule has 14 heteroatoms. The molecule has 2 heterocycles. The molecule has 1 amide bonds. The summed E-state index contributed by atoms with van der Waals surface area (Å²) < 4.78 is 60.3. The lowest BCUT2D eigenvalue weighted by atomic mass is 10.2. The second-order valence-electron chi connectivity index (χ2n) is 8.71. The van der Waals surface area contributed by atoms with Crippen LogP contribution >= 0.6 is 18.9 Å². The van der Waals surface area contributed by atoms with Gasteiger partial charge in [0.15, 0.2) is 5.13 Å². The number of thiazole rings is 1. The highest BCUT2D eigenvalue weighted by Gasteiger charge is 2.30. The molecule has 1 aromatic heterocycles. The molecule has 2 aromatic rings. The highest BCUT2D eigenvalue weighted by Crippen LogP contribution is 2.51. The first-order valence-electron chi connectivity index (χ1n) is 12.0. The van der Waals surface area contributed by atoms with Gasteiger partial charge in [-0.15, -0.1) is 11.3 Å². The van der Waals surface area contributed by atoms with Crippen LogP contribution in [0.25, 0.3) is 0 Å². The average molecular weight is 576 g/mol. The maximum atomic E-state index is 13.1. The first-order valence-corrected chi connectivity index (χ1v) is 16.4. The molecule has 0 spiro atoms. The molecular formula is C23H34N3O8PS2. The molecule has 0 unspecified atom stereocenters. The lowest BCUT2D eigenvalue weighted by Gasteiger charge is -2.17. The molecule has 0 bridgehead atoms. The Labute approximate surface area is 222 Å². The molecule has 1 aromatic carbocycles. The molecule has 1 N–H and O–H groups in total. The van der Waals surface area contributed by atoms with Gasteiger partial charge in [0.25, 0.3) is 5.91 Å². The Morgan fingerprint density at radius 2 is 1.89 bits per heavy atom. The number of rotatable bonds is 13. The molecule has 0 aliphatic carbocycles. The SMILES string of the molecule is CCOP(=O)(Cc1csc(NC(=O)c2cc(OC(C)C)cc(O[C@@H]3CCN(S(C)(=O)=O)C3)c2)n1)OCC. The van der Waals surface area contributed by atoms with Crippen molar-refractivity contribution < 1.29 is 36.3 Å². The fourth-order valence-electron chi connectivity index (χ4n) is 3.73. The van der Waals surface area contributed by atoms with Crippen molar-refractivity contribution in [2.24, 2.45) is 0 Å². The summed E-state index contributed by atoms with van der Waals surface area (Å²) >= 11 is 1.20. The van der Waals surface area contributed by atoms with E-state index >= 15 is 0 Å². The van der Waals surface area contributed by atoms with Crippen molar-refractivity contribution in [1.29, 1.82) is 0 Å². The van der Waals surface area contributed by atoms with Gasteiger partial charge < -0.3 is 18.5 Å². The number of hydrogen-bond donors (Lipinski definition) is 1. The predicted octanol–water partition coefficient (Wildman–Crippen LogP) is 4.36. The van der Waals surface area contributed by atoms with Gasteiger partial charge in [-0.2, -0.15) is 4.31 Å². The van der Waals surface area contributed by atoms with E-state index in [2.05, 4.69) is 10.3 Å². The van der Waals surface area contributed by atoms with Gasteiger partial charge in [0, 0.05) is 23.6 Å². The minimum Gasteiger partial charge on any atom is -0.491 e. The molecule has 1 saturated heterocycles. The summed E-state index contributed by atoms with van der Waals surface area (Å²) in [4.78, 5) is 17.4. The van der Waals surface area contributed by atoms with Crippen molar-refractivity contribution in [3.8, 4) is 11.5 Å². The molecule has 1 fully saturated rings. The number of nitrogens with zero attached hydrogens (tertiary/aromatic N) is 2. The summed E-state index contributed by atoms with van der Waals surface area (Å²) in [6.45, 7) is 8.33. The Bertz CT molecular complexity index is 1220. The molecule has 0 radical (unpaired) electrons. The topological polar surface area (TPSA) is 133 Å². The van der Waals surface area contributed by atoms with Gasteiger partial charge in [-0.05, 0) is 46.2 Å². The van der Waals surface area contributed by atoms with Crippen molar-refractivity contribution in [2.75, 3.05) is 37.9 Å². The van der Waals surface area contributed by atoms with Gasteiger partial charge in [0.2, 0.25) is 10.0 Å². The summed E-state index contributed by atoms with van der Waals surface area (Å²) in [6, 6.07) is 4.87. The van der Waals surface area contributed by atoms with Crippen LogP contribution in [-0.2, 0) is 29.8 Å². The molecular weight excluding hydrogens is 541 g/mol. The van der Waals surface area contributed by atoms with E-state index in [9.17, 15) is 17.8 Å². The van der Waals surface area contributed by atoms with Crippen LogP contribution in [0.5, 0.6) is 11.5 Å². The first kappa shape index (κ1) is 29.5. The third-order valence-electron chi connectivity index (χ3n) is 5.17. The summed E-state index contributed by atoms with van der Waals surface area (Å²) in [5.74, 6) is 0.421. The van der Waals surface area contributed by atoms with E-state index < -0.39 is 23.5 Å². The maximum absolute atomic E-state index is 13.1. The number of amides is 1. The fraction of sp³-hybridized carbons (Fsp3) is 0.565. The van der Waals surface area contributed by atoms with E-state index in [0.29, 0.717) is 35.3 Å². The van der Waals surface area contributed by atoms with Crippen LogP contribution in [-0.4, -0.2) is 68.4 Å². The molecule has 206 valence electrons. The van der Waals surface area contributed by atoms with Crippen LogP contribution in [0.2, 0.25) is 0 Å². The van der Waals surface area contributed by atoms with Crippen LogP contribution in [0, 0.1) is 0 Å². The normalized spacial score (nSPS) is 16.8. The van der Waals surface area contributed by atoms with E-state index in [1.807, 2.05) is 13.8 Å². The summed E-state index contributed by atoms with van der Waals surface area (Å²) in [6.07, 6.45) is 1.24. The van der Waals surface area contributed by atoms with Crippen LogP contribution in [0.3, 0.4) is 0 Å². The Morgan fingerprint density at radius 3 is 2.49 bits per heavy atom. The van der Waals surface area contributed by atoms with Gasteiger partial charge in [-0.3, -0.25) is 14.7 Å². The van der Waals surface area contributed by atoms with Crippen LogP contribution in [0.4, 0.5) is 5.13 Å². The minimum atomic E-state index is -3.32. The van der Waals surface area contributed by atoms with Gasteiger partial charge >= 0.3 is 7.60 Å². The number of carbonyl (C=O) groups excluding carboxylic acids is 1. The summed E-state index contributed by atoms with van der Waals surface area (Å²) in [5.41, 5.74) is 0.778. The standard InChI is InChI=1S/C23H34N3O8PS2/c1-6-31-35(28,32-7-2)14-18-15-36-23(24-18)25-22(27)17-10-20(33-16(3)4)12-21(11-17)34-19-8-9-26(13-19)37(5,29)30/h10-12,15-16,19H,6-9,13-14H2,1-5H3,(H,24,25,27)/t19-/m1/s1. The maximum Gasteiger partial charge on any atom is 0.336 e. The largest absolute Gasteiger partial charge is 0.491 e. The van der Waals surface area contributed by atoms with E-state index in [1.165, 1.54) is 21.9 Å². The minimum absolute atomic E-state index is 0.00262. The van der Waals surface area contributed by atoms with Crippen molar-refractivity contribution in [3.05, 3.63) is 34.8 Å². The fourth-order valence-corrected chi connectivity index (χ4v) is 7.03. The lowest BCUT2D eigenvalue weighted by molar-refractivity contribution is 0.102. The quantitative estimate of drug-likeness (QED) is 0.346. The Morgan fingerprint density at radius 1 is 1.22 bits per heavy atom. The Kier molecular flexibility index (Phi) is 10.1. The van der Waals surface area contributed by atoms with E-state index in [4.69, 9.17) is 18.5 Å². The second kappa shape index (κ2) is 12.7. The zero-order chi connectivity index (χ0) is 27.2. The van der Waals surface area contributed by atoms with Crippen LogP contribution < -0.4 is 14.8 Å². The van der Waals surface area contributed by atoms with Crippen LogP contribution in [0.1, 0.15) is 50.2 Å². The number of benzene rings is 1. The smallest absolute Gasteiger partial charge is 0.336 e. The highest BCUT2D eigenvalue weighted by molar-refractivity contribution is 7.88. The number of carbonyl (C=O) groups is 1. The third kappa shape index (κ3) is 8.76. The summed E-state index contributed by atoms with van der Waals surface area (Å²) in [7, 11) is -6.62. The van der Waals surface area contributed by atoms with Gasteiger partial charge in [0.1, 0.15) is 17.6 Å². The molecule has 1 aliphatic heterocycles. The number of aromatic nitrogens is 1. The van der Waals surface area contributed by atoms with Gasteiger partial charge in [-0.25, -0.2) is 13.4 Å². The molecule has 0 saturated carbocycles. The van der Waals surface area contributed by atoms with Crippen molar-refractivity contribution in [2.45, 2.75) is 52.5 Å². The number of anilines is 1. The van der Waals surface area contributed by atoms with Crippen LogP contribution in [0.15, 0.2) is 23.6 Å². The number of nitrogens with one attached hydrogen (secondary N) is 1. The molecule has 3 rings (SSSR count). The van der Waals surface area contributed by atoms with E-state index in [1.54, 1.807) is 37.4 Å².